The summed E-state index contributed by atoms with van der Waals surface area (Å²) in [6.07, 6.45) is -4.29. The zero-order chi connectivity index (χ0) is 17.0. The highest BCUT2D eigenvalue weighted by atomic mass is 19.4. The van der Waals surface area contributed by atoms with Crippen molar-refractivity contribution in [1.29, 1.82) is 0 Å². The SMILES string of the molecule is CC1=NN(C(=O)c2c(C)nc3ccccn23)[C@](O)(C(F)(F)F)C1. The third-order valence-electron chi connectivity index (χ3n) is 3.68. The number of nitrogens with zero attached hydrogens (tertiary/aromatic N) is 4. The molecule has 2 aromatic heterocycles. The van der Waals surface area contributed by atoms with E-state index >= 15 is 0 Å². The van der Waals surface area contributed by atoms with E-state index in [2.05, 4.69) is 10.1 Å². The number of hydrogen-bond donors (Lipinski definition) is 1. The smallest absolute Gasteiger partial charge is 0.362 e. The van der Waals surface area contributed by atoms with Crippen LogP contribution >= 0.6 is 0 Å². The molecule has 1 atom stereocenters. The lowest BCUT2D eigenvalue weighted by Crippen LogP contribution is -2.56. The van der Waals surface area contributed by atoms with E-state index in [4.69, 9.17) is 0 Å². The molecular weight excluding hydrogens is 313 g/mol. The molecule has 0 unspecified atom stereocenters. The summed E-state index contributed by atoms with van der Waals surface area (Å²) in [5.41, 5.74) is -2.72. The molecule has 0 radical (unpaired) electrons. The van der Waals surface area contributed by atoms with Crippen molar-refractivity contribution >= 4 is 17.3 Å². The van der Waals surface area contributed by atoms with Crippen LogP contribution in [0.4, 0.5) is 13.2 Å². The molecule has 0 spiro atoms. The Hall–Kier alpha value is -2.42. The van der Waals surface area contributed by atoms with E-state index < -0.39 is 24.2 Å². The normalized spacial score (nSPS) is 21.8. The highest BCUT2D eigenvalue weighted by Crippen LogP contribution is 2.41. The predicted molar refractivity (Wildman–Crippen MR) is 74.8 cm³/mol. The highest BCUT2D eigenvalue weighted by Gasteiger charge is 2.63. The van der Waals surface area contributed by atoms with Gasteiger partial charge in [-0.25, -0.2) is 4.98 Å². The lowest BCUT2D eigenvalue weighted by Gasteiger charge is -2.32. The molecule has 1 aliphatic rings. The Balaban J connectivity index is 2.13. The second kappa shape index (κ2) is 4.79. The Bertz CT molecular complexity index is 827. The number of fused-ring (bicyclic) bond motifs is 1. The number of aryl methyl sites for hydroxylation is 1. The van der Waals surface area contributed by atoms with Gasteiger partial charge in [0.2, 0.25) is 0 Å². The number of hydrazone groups is 1. The largest absolute Gasteiger partial charge is 0.438 e. The lowest BCUT2D eigenvalue weighted by molar-refractivity contribution is -0.297. The Morgan fingerprint density at radius 2 is 2.04 bits per heavy atom. The number of carbonyl (C=O) groups is 1. The van der Waals surface area contributed by atoms with Gasteiger partial charge in [0.25, 0.3) is 11.6 Å². The Morgan fingerprint density at radius 1 is 1.35 bits per heavy atom. The lowest BCUT2D eigenvalue weighted by atomic mass is 10.1. The van der Waals surface area contributed by atoms with Crippen LogP contribution in [-0.2, 0) is 0 Å². The van der Waals surface area contributed by atoms with E-state index in [1.54, 1.807) is 18.2 Å². The van der Waals surface area contributed by atoms with Crippen molar-refractivity contribution in [2.24, 2.45) is 5.10 Å². The van der Waals surface area contributed by atoms with Gasteiger partial charge in [-0.3, -0.25) is 9.20 Å². The number of rotatable bonds is 1. The fraction of sp³-hybridized carbons (Fsp3) is 0.357. The number of aliphatic hydroxyl groups is 1. The van der Waals surface area contributed by atoms with Crippen LogP contribution in [0.5, 0.6) is 0 Å². The van der Waals surface area contributed by atoms with Crippen molar-refractivity contribution in [3.8, 4) is 0 Å². The maximum absolute atomic E-state index is 13.2. The number of aromatic nitrogens is 2. The summed E-state index contributed by atoms with van der Waals surface area (Å²) < 4.78 is 41.1. The van der Waals surface area contributed by atoms with E-state index in [1.165, 1.54) is 24.4 Å². The minimum Gasteiger partial charge on any atom is -0.362 e. The number of hydrogen-bond acceptors (Lipinski definition) is 4. The average molecular weight is 326 g/mol. The van der Waals surface area contributed by atoms with Crippen molar-refractivity contribution in [3.05, 3.63) is 35.8 Å². The molecule has 0 saturated heterocycles. The molecular formula is C14H13F3N4O2. The molecule has 3 heterocycles. The molecule has 0 aromatic carbocycles. The summed E-state index contributed by atoms with van der Waals surface area (Å²) in [6.45, 7) is 2.84. The molecule has 9 heteroatoms. The van der Waals surface area contributed by atoms with Gasteiger partial charge in [-0.2, -0.15) is 23.3 Å². The predicted octanol–water partition coefficient (Wildman–Crippen LogP) is 2.12. The van der Waals surface area contributed by atoms with Crippen LogP contribution in [-0.4, -0.2) is 43.0 Å². The summed E-state index contributed by atoms with van der Waals surface area (Å²) in [5, 5.41) is 13.7. The fourth-order valence-corrected chi connectivity index (χ4v) is 2.63. The van der Waals surface area contributed by atoms with Crippen LogP contribution in [0.3, 0.4) is 0 Å². The maximum atomic E-state index is 13.2. The van der Waals surface area contributed by atoms with Crippen molar-refractivity contribution in [3.63, 3.8) is 0 Å². The number of carbonyl (C=O) groups excluding carboxylic acids is 1. The third kappa shape index (κ3) is 2.19. The highest BCUT2D eigenvalue weighted by molar-refractivity contribution is 5.98. The van der Waals surface area contributed by atoms with Crippen LogP contribution in [0.25, 0.3) is 5.65 Å². The van der Waals surface area contributed by atoms with E-state index in [0.717, 1.165) is 0 Å². The number of alkyl halides is 3. The molecule has 0 bridgehead atoms. The van der Waals surface area contributed by atoms with Gasteiger partial charge in [-0.1, -0.05) is 6.07 Å². The number of imidazole rings is 1. The minimum absolute atomic E-state index is 0.0182. The van der Waals surface area contributed by atoms with Crippen LogP contribution in [0.2, 0.25) is 0 Å². The molecule has 0 aliphatic carbocycles. The molecule has 23 heavy (non-hydrogen) atoms. The monoisotopic (exact) mass is 326 g/mol. The van der Waals surface area contributed by atoms with Crippen molar-refractivity contribution in [2.45, 2.75) is 32.2 Å². The molecule has 3 rings (SSSR count). The number of halogens is 3. The first kappa shape index (κ1) is 15.5. The van der Waals surface area contributed by atoms with Gasteiger partial charge in [0.15, 0.2) is 0 Å². The first-order valence-electron chi connectivity index (χ1n) is 6.76. The standard InChI is InChI=1S/C14H13F3N4O2/c1-8-7-13(23,14(15,16)17)21(19-8)12(22)11-9(2)18-10-5-3-4-6-20(10)11/h3-6,23H,7H2,1-2H3/t13-/m1/s1. The van der Waals surface area contributed by atoms with Crippen molar-refractivity contribution in [2.75, 3.05) is 0 Å². The Morgan fingerprint density at radius 3 is 2.70 bits per heavy atom. The molecule has 1 aliphatic heterocycles. The molecule has 0 fully saturated rings. The number of pyridine rings is 1. The zero-order valence-corrected chi connectivity index (χ0v) is 12.3. The molecule has 6 nitrogen and oxygen atoms in total. The second-order valence-corrected chi connectivity index (χ2v) is 5.42. The maximum Gasteiger partial charge on any atom is 0.438 e. The van der Waals surface area contributed by atoms with Gasteiger partial charge in [-0.15, -0.1) is 0 Å². The van der Waals surface area contributed by atoms with Gasteiger partial charge in [0.1, 0.15) is 11.3 Å². The minimum atomic E-state index is -5.03. The van der Waals surface area contributed by atoms with Gasteiger partial charge in [0.05, 0.1) is 5.69 Å². The van der Waals surface area contributed by atoms with Crippen LogP contribution in [0.15, 0.2) is 29.5 Å². The summed E-state index contributed by atoms with van der Waals surface area (Å²) in [4.78, 5) is 16.8. The zero-order valence-electron chi connectivity index (χ0n) is 12.3. The molecule has 0 saturated carbocycles. The Kier molecular flexibility index (Phi) is 3.22. The molecule has 1 amide bonds. The third-order valence-corrected chi connectivity index (χ3v) is 3.68. The average Bonchev–Trinajstić information content (AvgIpc) is 2.94. The molecule has 1 N–H and O–H groups in total. The van der Waals surface area contributed by atoms with Crippen LogP contribution < -0.4 is 0 Å². The molecule has 122 valence electrons. The topological polar surface area (TPSA) is 70.2 Å². The van der Waals surface area contributed by atoms with Gasteiger partial charge >= 0.3 is 6.18 Å². The van der Waals surface area contributed by atoms with E-state index in [-0.39, 0.29) is 22.1 Å². The van der Waals surface area contributed by atoms with Crippen molar-refractivity contribution in [1.82, 2.24) is 14.4 Å². The Labute approximate surface area is 128 Å². The van der Waals surface area contributed by atoms with Gasteiger partial charge in [0, 0.05) is 18.3 Å². The first-order valence-corrected chi connectivity index (χ1v) is 6.76. The van der Waals surface area contributed by atoms with Gasteiger partial charge < -0.3 is 5.11 Å². The van der Waals surface area contributed by atoms with Crippen LogP contribution in [0, 0.1) is 6.92 Å². The van der Waals surface area contributed by atoms with Gasteiger partial charge in [-0.05, 0) is 26.0 Å². The second-order valence-electron chi connectivity index (χ2n) is 5.42. The summed E-state index contributed by atoms with van der Waals surface area (Å²) in [7, 11) is 0. The van der Waals surface area contributed by atoms with Crippen LogP contribution in [0.1, 0.15) is 29.5 Å². The van der Waals surface area contributed by atoms with E-state index in [0.29, 0.717) is 5.65 Å². The summed E-state index contributed by atoms with van der Waals surface area (Å²) in [6, 6.07) is 4.94. The molecule has 2 aromatic rings. The fourth-order valence-electron chi connectivity index (χ4n) is 2.63. The quantitative estimate of drug-likeness (QED) is 0.872. The first-order chi connectivity index (χ1) is 10.6. The van der Waals surface area contributed by atoms with Crippen molar-refractivity contribution < 1.29 is 23.1 Å². The number of amides is 1. The van der Waals surface area contributed by atoms with E-state index in [9.17, 15) is 23.1 Å². The summed E-state index contributed by atoms with van der Waals surface area (Å²) >= 11 is 0. The summed E-state index contributed by atoms with van der Waals surface area (Å²) in [5.74, 6) is -1.06. The van der Waals surface area contributed by atoms with E-state index in [1.807, 2.05) is 0 Å².